The zero-order chi connectivity index (χ0) is 24.0. The van der Waals surface area contributed by atoms with Crippen molar-refractivity contribution in [3.63, 3.8) is 0 Å². The number of sulfone groups is 1. The molecule has 34 heavy (non-hydrogen) atoms. The lowest BCUT2D eigenvalue weighted by Gasteiger charge is -2.22. The number of likely N-dealkylation sites (tertiary alicyclic amines) is 1. The van der Waals surface area contributed by atoms with Crippen LogP contribution in [0.2, 0.25) is 0 Å². The van der Waals surface area contributed by atoms with Gasteiger partial charge in [-0.25, -0.2) is 8.42 Å². The fraction of sp³-hybridized carbons (Fsp3) is 0.333. The van der Waals surface area contributed by atoms with Gasteiger partial charge >= 0.3 is 0 Å². The van der Waals surface area contributed by atoms with E-state index in [1.54, 1.807) is 55.6 Å². The molecular formula is C27H31NO5S. The minimum atomic E-state index is -3.47. The van der Waals surface area contributed by atoms with E-state index < -0.39 is 9.84 Å². The van der Waals surface area contributed by atoms with E-state index in [9.17, 15) is 13.5 Å². The van der Waals surface area contributed by atoms with Crippen LogP contribution in [-0.4, -0.2) is 44.7 Å². The molecule has 0 bridgehead atoms. The number of benzene rings is 3. The Labute approximate surface area is 201 Å². The summed E-state index contributed by atoms with van der Waals surface area (Å²) in [6.45, 7) is 2.43. The van der Waals surface area contributed by atoms with E-state index in [-0.39, 0.29) is 18.4 Å². The predicted octanol–water partition coefficient (Wildman–Crippen LogP) is 4.20. The summed E-state index contributed by atoms with van der Waals surface area (Å²) < 4.78 is 36.9. The van der Waals surface area contributed by atoms with Crippen LogP contribution in [0.25, 0.3) is 0 Å². The quantitative estimate of drug-likeness (QED) is 0.468. The van der Waals surface area contributed by atoms with Crippen molar-refractivity contribution in [3.05, 3.63) is 89.5 Å². The van der Waals surface area contributed by atoms with Crippen LogP contribution in [0.15, 0.2) is 77.7 Å². The first-order chi connectivity index (χ1) is 16.5. The standard InChI is InChI=1S/C27H31NO5S/c1-32-25-14-23(20-34(30,31)27-7-3-2-4-8-27)15-26(16-25)33-19-22-11-9-21(10-12-22)17-28-13-5-6-24(28)18-29/h2-4,7-12,14-16,24,29H,5-6,13,17-20H2,1H3/t24-/m1/s1. The number of nitrogens with zero attached hydrogens (tertiary/aromatic N) is 1. The summed E-state index contributed by atoms with van der Waals surface area (Å²) in [6.07, 6.45) is 2.18. The number of aliphatic hydroxyl groups excluding tert-OH is 1. The summed E-state index contributed by atoms with van der Waals surface area (Å²) in [6, 6.07) is 22.2. The molecule has 3 aromatic rings. The Bertz CT molecular complexity index is 1180. The van der Waals surface area contributed by atoms with Crippen molar-refractivity contribution in [1.29, 1.82) is 0 Å². The Kier molecular flexibility index (Phi) is 7.88. The molecule has 0 spiro atoms. The molecule has 180 valence electrons. The lowest BCUT2D eigenvalue weighted by Crippen LogP contribution is -2.31. The maximum absolute atomic E-state index is 12.8. The highest BCUT2D eigenvalue weighted by Crippen LogP contribution is 2.27. The van der Waals surface area contributed by atoms with Crippen LogP contribution in [-0.2, 0) is 28.7 Å². The van der Waals surface area contributed by atoms with Crippen molar-refractivity contribution in [2.75, 3.05) is 20.3 Å². The average Bonchev–Trinajstić information content (AvgIpc) is 3.31. The van der Waals surface area contributed by atoms with Gasteiger partial charge in [-0.1, -0.05) is 42.5 Å². The van der Waals surface area contributed by atoms with E-state index in [1.165, 1.54) is 5.56 Å². The molecular weight excluding hydrogens is 450 g/mol. The number of aliphatic hydroxyl groups is 1. The lowest BCUT2D eigenvalue weighted by molar-refractivity contribution is 0.153. The molecule has 0 saturated carbocycles. The van der Waals surface area contributed by atoms with Gasteiger partial charge in [0.05, 0.1) is 24.4 Å². The number of methoxy groups -OCH3 is 1. The molecule has 4 rings (SSSR count). The second kappa shape index (κ2) is 11.0. The van der Waals surface area contributed by atoms with Crippen LogP contribution >= 0.6 is 0 Å². The van der Waals surface area contributed by atoms with Gasteiger partial charge < -0.3 is 14.6 Å². The molecule has 0 radical (unpaired) electrons. The SMILES string of the molecule is COc1cc(CS(=O)(=O)c2ccccc2)cc(OCc2ccc(CN3CCC[C@@H]3CO)cc2)c1. The van der Waals surface area contributed by atoms with Crippen LogP contribution in [0.3, 0.4) is 0 Å². The highest BCUT2D eigenvalue weighted by Gasteiger charge is 2.23. The van der Waals surface area contributed by atoms with Gasteiger partial charge in [-0.2, -0.15) is 0 Å². The second-order valence-corrected chi connectivity index (χ2v) is 10.6. The number of ether oxygens (including phenoxy) is 2. The van der Waals surface area contributed by atoms with Gasteiger partial charge in [0.2, 0.25) is 0 Å². The van der Waals surface area contributed by atoms with Gasteiger partial charge in [-0.15, -0.1) is 0 Å². The van der Waals surface area contributed by atoms with Gasteiger partial charge in [0, 0.05) is 18.7 Å². The molecule has 0 unspecified atom stereocenters. The summed E-state index contributed by atoms with van der Waals surface area (Å²) in [5.41, 5.74) is 2.83. The van der Waals surface area contributed by atoms with Crippen LogP contribution in [0, 0.1) is 0 Å². The Hall–Kier alpha value is -2.87. The fourth-order valence-electron chi connectivity index (χ4n) is 4.30. The van der Waals surface area contributed by atoms with Crippen LogP contribution in [0.5, 0.6) is 11.5 Å². The third kappa shape index (κ3) is 6.17. The van der Waals surface area contributed by atoms with E-state index in [2.05, 4.69) is 17.0 Å². The monoisotopic (exact) mass is 481 g/mol. The molecule has 0 amide bonds. The minimum Gasteiger partial charge on any atom is -0.497 e. The van der Waals surface area contributed by atoms with Crippen molar-refractivity contribution < 1.29 is 23.0 Å². The summed E-state index contributed by atoms with van der Waals surface area (Å²) in [5, 5.41) is 9.51. The van der Waals surface area contributed by atoms with E-state index in [4.69, 9.17) is 9.47 Å². The van der Waals surface area contributed by atoms with E-state index >= 15 is 0 Å². The first-order valence-corrected chi connectivity index (χ1v) is 13.1. The van der Waals surface area contributed by atoms with Gasteiger partial charge in [-0.05, 0) is 60.3 Å². The normalized spacial score (nSPS) is 16.5. The Morgan fingerprint density at radius 3 is 2.35 bits per heavy atom. The fourth-order valence-corrected chi connectivity index (χ4v) is 5.64. The van der Waals surface area contributed by atoms with Crippen molar-refractivity contribution >= 4 is 9.84 Å². The maximum Gasteiger partial charge on any atom is 0.182 e. The summed E-state index contributed by atoms with van der Waals surface area (Å²) >= 11 is 0. The average molecular weight is 482 g/mol. The van der Waals surface area contributed by atoms with E-state index in [0.29, 0.717) is 28.6 Å². The van der Waals surface area contributed by atoms with Crippen LogP contribution in [0.1, 0.15) is 29.5 Å². The van der Waals surface area contributed by atoms with Gasteiger partial charge in [-0.3, -0.25) is 4.90 Å². The minimum absolute atomic E-state index is 0.134. The first-order valence-electron chi connectivity index (χ1n) is 11.5. The lowest BCUT2D eigenvalue weighted by atomic mass is 10.1. The molecule has 6 nitrogen and oxygen atoms in total. The molecule has 1 aliphatic rings. The first kappa shape index (κ1) is 24.3. The van der Waals surface area contributed by atoms with Crippen LogP contribution < -0.4 is 9.47 Å². The molecule has 7 heteroatoms. The van der Waals surface area contributed by atoms with E-state index in [0.717, 1.165) is 31.5 Å². The molecule has 1 N–H and O–H groups in total. The number of hydrogen-bond acceptors (Lipinski definition) is 6. The van der Waals surface area contributed by atoms with Crippen molar-refractivity contribution in [3.8, 4) is 11.5 Å². The summed E-state index contributed by atoms with van der Waals surface area (Å²) in [4.78, 5) is 2.62. The Morgan fingerprint density at radius 2 is 1.65 bits per heavy atom. The number of rotatable bonds is 10. The van der Waals surface area contributed by atoms with Gasteiger partial charge in [0.25, 0.3) is 0 Å². The predicted molar refractivity (Wildman–Crippen MR) is 132 cm³/mol. The zero-order valence-corrected chi connectivity index (χ0v) is 20.2. The number of hydrogen-bond donors (Lipinski definition) is 1. The third-order valence-corrected chi connectivity index (χ3v) is 7.86. The molecule has 3 aromatic carbocycles. The topological polar surface area (TPSA) is 76.1 Å². The van der Waals surface area contributed by atoms with Gasteiger partial charge in [0.15, 0.2) is 9.84 Å². The van der Waals surface area contributed by atoms with Gasteiger partial charge in [0.1, 0.15) is 18.1 Å². The molecule has 0 aromatic heterocycles. The second-order valence-electron chi connectivity index (χ2n) is 8.64. The maximum atomic E-state index is 12.8. The third-order valence-electron chi connectivity index (χ3n) is 6.16. The van der Waals surface area contributed by atoms with Crippen LogP contribution in [0.4, 0.5) is 0 Å². The molecule has 1 aliphatic heterocycles. The molecule has 0 aliphatic carbocycles. The van der Waals surface area contributed by atoms with Crippen molar-refractivity contribution in [2.24, 2.45) is 0 Å². The molecule has 1 heterocycles. The van der Waals surface area contributed by atoms with Crippen molar-refractivity contribution in [2.45, 2.75) is 42.7 Å². The van der Waals surface area contributed by atoms with Crippen molar-refractivity contribution in [1.82, 2.24) is 4.90 Å². The largest absolute Gasteiger partial charge is 0.497 e. The smallest absolute Gasteiger partial charge is 0.182 e. The van der Waals surface area contributed by atoms with E-state index in [1.807, 2.05) is 12.1 Å². The summed E-state index contributed by atoms with van der Waals surface area (Å²) in [7, 11) is -1.92. The Morgan fingerprint density at radius 1 is 0.941 bits per heavy atom. The summed E-state index contributed by atoms with van der Waals surface area (Å²) in [5.74, 6) is 0.977. The Balaban J connectivity index is 1.41. The highest BCUT2D eigenvalue weighted by atomic mass is 32.2. The highest BCUT2D eigenvalue weighted by molar-refractivity contribution is 7.90. The molecule has 1 fully saturated rings. The molecule has 1 saturated heterocycles. The molecule has 1 atom stereocenters. The zero-order valence-electron chi connectivity index (χ0n) is 19.4.